The molecule has 0 fully saturated rings. The van der Waals surface area contributed by atoms with Gasteiger partial charge in [-0.2, -0.15) is 0 Å². The molecule has 0 radical (unpaired) electrons. The summed E-state index contributed by atoms with van der Waals surface area (Å²) >= 11 is 0. The van der Waals surface area contributed by atoms with Crippen LogP contribution in [-0.4, -0.2) is 89.7 Å². The summed E-state index contributed by atoms with van der Waals surface area (Å²) in [6.07, 6.45) is -2.44. The SMILES string of the molecule is O=C1NS(=O)(=O)c2ccccc21.OC[C@@H](O)[C@@H](O)CO.[NaH]. The number of benzene rings is 1. The molecule has 114 valence electrons. The van der Waals surface area contributed by atoms with Crippen molar-refractivity contribution in [2.45, 2.75) is 17.1 Å². The molecule has 0 spiro atoms. The molecule has 0 unspecified atom stereocenters. The fraction of sp³-hybridized carbons (Fsp3) is 0.364. The van der Waals surface area contributed by atoms with Gasteiger partial charge in [0.25, 0.3) is 15.9 Å². The summed E-state index contributed by atoms with van der Waals surface area (Å²) in [5.74, 6) is -0.550. The summed E-state index contributed by atoms with van der Waals surface area (Å²) in [4.78, 5) is 11.1. The zero-order valence-electron chi connectivity index (χ0n) is 10.3. The van der Waals surface area contributed by atoms with E-state index in [1.54, 1.807) is 12.1 Å². The maximum absolute atomic E-state index is 11.1. The molecule has 1 amide bonds. The van der Waals surface area contributed by atoms with Gasteiger partial charge in [-0.15, -0.1) is 0 Å². The predicted octanol–water partition coefficient (Wildman–Crippen LogP) is -2.84. The van der Waals surface area contributed by atoms with Crippen LogP contribution in [0.15, 0.2) is 29.2 Å². The number of aliphatic hydroxyl groups is 4. The fourth-order valence-corrected chi connectivity index (χ4v) is 2.54. The van der Waals surface area contributed by atoms with Gasteiger partial charge in [0.15, 0.2) is 0 Å². The average Bonchev–Trinajstić information content (AvgIpc) is 2.68. The summed E-state index contributed by atoms with van der Waals surface area (Å²) in [6.45, 7) is -1.05. The van der Waals surface area contributed by atoms with Gasteiger partial charge in [-0.1, -0.05) is 12.1 Å². The molecule has 21 heavy (non-hydrogen) atoms. The molecule has 0 aromatic heterocycles. The molecule has 8 nitrogen and oxygen atoms in total. The van der Waals surface area contributed by atoms with Crippen LogP contribution in [0.2, 0.25) is 0 Å². The molecule has 1 aromatic rings. The van der Waals surface area contributed by atoms with Crippen LogP contribution in [0.4, 0.5) is 0 Å². The van der Waals surface area contributed by atoms with Gasteiger partial charge in [-0.05, 0) is 12.1 Å². The minimum absolute atomic E-state index is 0. The number of carbonyl (C=O) groups is 1. The van der Waals surface area contributed by atoms with Crippen LogP contribution >= 0.6 is 0 Å². The van der Waals surface area contributed by atoms with Gasteiger partial charge in [0.1, 0.15) is 17.1 Å². The zero-order valence-corrected chi connectivity index (χ0v) is 11.1. The first-order chi connectivity index (χ1) is 9.33. The summed E-state index contributed by atoms with van der Waals surface area (Å²) in [7, 11) is -3.55. The standard InChI is InChI=1S/C7H5NO3S.C4H10O4.Na.H/c9-7-5-3-1-2-4-6(5)12(10,11)8-7;5-1-3(7)4(8)2-6;;/h1-4H,(H,8,9);3-8H,1-2H2;;/t;3-,4+;;. The second kappa shape index (κ2) is 8.81. The topological polar surface area (TPSA) is 144 Å². The third-order valence-electron chi connectivity index (χ3n) is 2.47. The van der Waals surface area contributed by atoms with Gasteiger partial charge < -0.3 is 20.4 Å². The molecule has 1 aliphatic heterocycles. The Bertz CT molecular complexity index is 570. The number of sulfonamides is 1. The van der Waals surface area contributed by atoms with Crippen molar-refractivity contribution in [3.8, 4) is 0 Å². The first-order valence-corrected chi connectivity index (χ1v) is 7.05. The molecule has 1 aliphatic rings. The van der Waals surface area contributed by atoms with E-state index in [4.69, 9.17) is 20.4 Å². The molecule has 0 saturated carbocycles. The van der Waals surface area contributed by atoms with E-state index in [1.807, 2.05) is 4.72 Å². The predicted molar refractivity (Wildman–Crippen MR) is 74.4 cm³/mol. The van der Waals surface area contributed by atoms with Crippen LogP contribution < -0.4 is 4.72 Å². The molecule has 10 heteroatoms. The zero-order chi connectivity index (χ0) is 15.3. The monoisotopic (exact) mass is 329 g/mol. The molecule has 1 heterocycles. The fourth-order valence-electron chi connectivity index (χ4n) is 1.36. The number of carbonyl (C=O) groups excluding carboxylic acids is 1. The Hall–Kier alpha value is -0.520. The Balaban J connectivity index is 0.000000397. The number of rotatable bonds is 3. The van der Waals surface area contributed by atoms with Crippen molar-refractivity contribution in [2.24, 2.45) is 0 Å². The molecule has 2 atom stereocenters. The van der Waals surface area contributed by atoms with Gasteiger partial charge in [-0.3, -0.25) is 4.79 Å². The van der Waals surface area contributed by atoms with Crippen molar-refractivity contribution in [3.63, 3.8) is 0 Å². The summed E-state index contributed by atoms with van der Waals surface area (Å²) in [5.41, 5.74) is 0.220. The number of hydrogen-bond acceptors (Lipinski definition) is 7. The first kappa shape index (κ1) is 20.5. The molecule has 2 rings (SSSR count). The molecule has 0 aliphatic carbocycles. The number of aliphatic hydroxyl groups excluding tert-OH is 4. The number of hydrogen-bond donors (Lipinski definition) is 5. The molecule has 5 N–H and O–H groups in total. The van der Waals surface area contributed by atoms with Crippen LogP contribution in [0.1, 0.15) is 10.4 Å². The number of fused-ring (bicyclic) bond motifs is 1. The van der Waals surface area contributed by atoms with Crippen molar-refractivity contribution < 1.29 is 33.6 Å². The Morgan fingerprint density at radius 1 is 1.05 bits per heavy atom. The van der Waals surface area contributed by atoms with Crippen molar-refractivity contribution in [1.82, 2.24) is 4.72 Å². The van der Waals surface area contributed by atoms with Crippen LogP contribution in [0.3, 0.4) is 0 Å². The van der Waals surface area contributed by atoms with E-state index in [0.717, 1.165) is 0 Å². The van der Waals surface area contributed by atoms with E-state index >= 15 is 0 Å². The second-order valence-corrected chi connectivity index (χ2v) is 5.58. The van der Waals surface area contributed by atoms with E-state index in [2.05, 4.69) is 0 Å². The molecule has 0 saturated heterocycles. The van der Waals surface area contributed by atoms with E-state index < -0.39 is 41.4 Å². The Kier molecular flexibility index (Phi) is 8.59. The van der Waals surface area contributed by atoms with Crippen LogP contribution in [0.25, 0.3) is 0 Å². The van der Waals surface area contributed by atoms with Crippen molar-refractivity contribution in [1.29, 1.82) is 0 Å². The molecular formula is C11H16NNaO7S. The van der Waals surface area contributed by atoms with Gasteiger partial charge in [0, 0.05) is 0 Å². The first-order valence-electron chi connectivity index (χ1n) is 5.57. The number of amides is 1. The van der Waals surface area contributed by atoms with E-state index in [0.29, 0.717) is 0 Å². The van der Waals surface area contributed by atoms with Crippen LogP contribution in [0.5, 0.6) is 0 Å². The molecular weight excluding hydrogens is 313 g/mol. The van der Waals surface area contributed by atoms with Gasteiger partial charge in [-0.25, -0.2) is 13.1 Å². The van der Waals surface area contributed by atoms with E-state index in [-0.39, 0.29) is 40.0 Å². The van der Waals surface area contributed by atoms with Crippen molar-refractivity contribution in [3.05, 3.63) is 29.8 Å². The van der Waals surface area contributed by atoms with E-state index in [9.17, 15) is 13.2 Å². The van der Waals surface area contributed by atoms with Gasteiger partial charge in [0.2, 0.25) is 0 Å². The van der Waals surface area contributed by atoms with Gasteiger partial charge in [0.05, 0.1) is 18.8 Å². The maximum atomic E-state index is 11.1. The molecule has 1 aromatic carbocycles. The minimum atomic E-state index is -3.55. The summed E-state index contributed by atoms with van der Waals surface area (Å²) in [6, 6.07) is 6.09. The summed E-state index contributed by atoms with van der Waals surface area (Å²) < 4.78 is 24.2. The Morgan fingerprint density at radius 3 is 1.95 bits per heavy atom. The third kappa shape index (κ3) is 5.31. The van der Waals surface area contributed by atoms with Crippen LogP contribution in [-0.2, 0) is 10.0 Å². The van der Waals surface area contributed by atoms with E-state index in [1.165, 1.54) is 12.1 Å². The van der Waals surface area contributed by atoms with Gasteiger partial charge >= 0.3 is 29.6 Å². The molecule has 0 bridgehead atoms. The average molecular weight is 329 g/mol. The summed E-state index contributed by atoms with van der Waals surface area (Å²) in [5, 5.41) is 33.2. The third-order valence-corrected chi connectivity index (χ3v) is 3.86. The normalized spacial score (nSPS) is 17.4. The van der Waals surface area contributed by atoms with Crippen LogP contribution in [0, 0.1) is 0 Å². The quantitative estimate of drug-likeness (QED) is 0.376. The van der Waals surface area contributed by atoms with Crippen molar-refractivity contribution >= 4 is 45.5 Å². The second-order valence-electron chi connectivity index (χ2n) is 3.93. The Morgan fingerprint density at radius 2 is 1.52 bits per heavy atom. The Labute approximate surface area is 143 Å². The number of nitrogens with one attached hydrogen (secondary N) is 1. The van der Waals surface area contributed by atoms with Crippen molar-refractivity contribution in [2.75, 3.05) is 13.2 Å².